The molecule has 1 atom stereocenters. The second kappa shape index (κ2) is 3.98. The molecule has 2 rings (SSSR count). The Balaban J connectivity index is 2.25. The van der Waals surface area contributed by atoms with Gasteiger partial charge in [0.1, 0.15) is 0 Å². The second-order valence-electron chi connectivity index (χ2n) is 3.26. The maximum Gasteiger partial charge on any atom is 0.0758 e. The summed E-state index contributed by atoms with van der Waals surface area (Å²) in [5.74, 6) is 6.27. The summed E-state index contributed by atoms with van der Waals surface area (Å²) >= 11 is 8.71. The molecular weight excluding hydrogens is 316 g/mol. The van der Waals surface area contributed by atoms with E-state index in [1.807, 2.05) is 0 Å². The van der Waals surface area contributed by atoms with Crippen molar-refractivity contribution in [3.8, 4) is 0 Å². The molecule has 13 heavy (non-hydrogen) atoms. The zero-order valence-corrected chi connectivity index (χ0v) is 10.9. The number of hydrogen-bond donors (Lipinski definition) is 2. The topological polar surface area (TPSA) is 38.0 Å². The number of halogens is 2. The van der Waals surface area contributed by atoms with Crippen LogP contribution in [0.5, 0.6) is 0 Å². The van der Waals surface area contributed by atoms with Gasteiger partial charge in [0, 0.05) is 0 Å². The summed E-state index contributed by atoms with van der Waals surface area (Å²) in [6, 6.07) is 2.45. The molecule has 1 aromatic heterocycles. The number of rotatable bonds is 3. The molecule has 0 aliphatic heterocycles. The molecule has 0 amide bonds. The van der Waals surface area contributed by atoms with Gasteiger partial charge in [-0.2, -0.15) is 0 Å². The van der Waals surface area contributed by atoms with E-state index in [1.54, 1.807) is 11.3 Å². The molecular formula is C8H10Br2N2S. The number of thiophene rings is 1. The largest absolute Gasteiger partial charge is 0.271 e. The number of nitrogens with two attached hydrogens (primary N) is 1. The Morgan fingerprint density at radius 1 is 1.54 bits per heavy atom. The van der Waals surface area contributed by atoms with E-state index in [1.165, 1.54) is 22.2 Å². The number of nitrogens with one attached hydrogen (secondary N) is 1. The van der Waals surface area contributed by atoms with E-state index in [0.29, 0.717) is 6.04 Å². The van der Waals surface area contributed by atoms with Crippen molar-refractivity contribution in [3.63, 3.8) is 0 Å². The highest BCUT2D eigenvalue weighted by molar-refractivity contribution is 9.12. The van der Waals surface area contributed by atoms with Crippen LogP contribution in [0.25, 0.3) is 0 Å². The molecule has 1 aliphatic rings. The summed E-state index contributed by atoms with van der Waals surface area (Å²) in [7, 11) is 0. The lowest BCUT2D eigenvalue weighted by Gasteiger charge is -2.13. The van der Waals surface area contributed by atoms with Crippen LogP contribution < -0.4 is 11.3 Å². The van der Waals surface area contributed by atoms with Crippen LogP contribution in [0.15, 0.2) is 13.6 Å². The van der Waals surface area contributed by atoms with Crippen molar-refractivity contribution in [2.45, 2.75) is 18.9 Å². The first-order chi connectivity index (χ1) is 6.22. The maximum atomic E-state index is 5.54. The summed E-state index contributed by atoms with van der Waals surface area (Å²) in [5, 5.41) is 0. The average Bonchev–Trinajstić information content (AvgIpc) is 2.82. The number of hydrazine groups is 1. The fourth-order valence-electron chi connectivity index (χ4n) is 1.47. The minimum atomic E-state index is 0.317. The van der Waals surface area contributed by atoms with Gasteiger partial charge in [-0.05, 0) is 62.2 Å². The summed E-state index contributed by atoms with van der Waals surface area (Å²) in [4.78, 5) is 0. The van der Waals surface area contributed by atoms with Gasteiger partial charge in [-0.15, -0.1) is 11.3 Å². The van der Waals surface area contributed by atoms with Crippen molar-refractivity contribution in [2.75, 3.05) is 0 Å². The van der Waals surface area contributed by atoms with Gasteiger partial charge < -0.3 is 0 Å². The Morgan fingerprint density at radius 2 is 2.23 bits per heavy atom. The fraction of sp³-hybridized carbons (Fsp3) is 0.500. The molecule has 0 aromatic carbocycles. The zero-order valence-electron chi connectivity index (χ0n) is 6.89. The van der Waals surface area contributed by atoms with E-state index in [9.17, 15) is 0 Å². The maximum absolute atomic E-state index is 5.54. The van der Waals surface area contributed by atoms with Gasteiger partial charge in [0.05, 0.1) is 13.6 Å². The van der Waals surface area contributed by atoms with Gasteiger partial charge >= 0.3 is 0 Å². The van der Waals surface area contributed by atoms with Crippen LogP contribution in [0.1, 0.15) is 24.4 Å². The van der Waals surface area contributed by atoms with Crippen LogP contribution in [0.4, 0.5) is 0 Å². The highest BCUT2D eigenvalue weighted by Gasteiger charge is 2.33. The first-order valence-electron chi connectivity index (χ1n) is 4.13. The van der Waals surface area contributed by atoms with Gasteiger partial charge in [0.15, 0.2) is 0 Å². The van der Waals surface area contributed by atoms with Gasteiger partial charge in [-0.1, -0.05) is 0 Å². The van der Waals surface area contributed by atoms with Crippen LogP contribution in [0, 0.1) is 5.92 Å². The van der Waals surface area contributed by atoms with Crippen molar-refractivity contribution in [2.24, 2.45) is 11.8 Å². The predicted molar refractivity (Wildman–Crippen MR) is 62.5 cm³/mol. The fourth-order valence-corrected chi connectivity index (χ4v) is 4.40. The molecule has 3 N–H and O–H groups in total. The van der Waals surface area contributed by atoms with E-state index in [4.69, 9.17) is 5.84 Å². The Labute approximate surface area is 98.1 Å². The molecule has 5 heteroatoms. The monoisotopic (exact) mass is 324 g/mol. The van der Waals surface area contributed by atoms with Crippen molar-refractivity contribution in [1.82, 2.24) is 5.43 Å². The van der Waals surface area contributed by atoms with E-state index in [-0.39, 0.29) is 0 Å². The van der Waals surface area contributed by atoms with Crippen LogP contribution >= 0.6 is 43.2 Å². The third kappa shape index (κ3) is 2.15. The molecule has 0 spiro atoms. The van der Waals surface area contributed by atoms with Crippen LogP contribution in [0.2, 0.25) is 0 Å². The lowest BCUT2D eigenvalue weighted by molar-refractivity contribution is 0.496. The molecule has 1 fully saturated rings. The Kier molecular flexibility index (Phi) is 3.10. The van der Waals surface area contributed by atoms with Crippen LogP contribution in [0.3, 0.4) is 0 Å². The summed E-state index contributed by atoms with van der Waals surface area (Å²) in [6.45, 7) is 0. The lowest BCUT2D eigenvalue weighted by Crippen LogP contribution is -2.29. The quantitative estimate of drug-likeness (QED) is 0.661. The lowest BCUT2D eigenvalue weighted by atomic mass is 10.1. The molecule has 2 nitrogen and oxygen atoms in total. The van der Waals surface area contributed by atoms with Gasteiger partial charge in [-0.3, -0.25) is 11.3 Å². The molecule has 0 radical (unpaired) electrons. The summed E-state index contributed by atoms with van der Waals surface area (Å²) in [6.07, 6.45) is 2.57. The summed E-state index contributed by atoms with van der Waals surface area (Å²) < 4.78 is 2.32. The van der Waals surface area contributed by atoms with Gasteiger partial charge in [-0.25, -0.2) is 0 Å². The SMILES string of the molecule is NNC(c1cc(Br)sc1Br)C1CC1. The Morgan fingerprint density at radius 3 is 2.62 bits per heavy atom. The average molecular weight is 326 g/mol. The second-order valence-corrected chi connectivity index (χ2v) is 7.01. The molecule has 1 heterocycles. The third-order valence-corrected chi connectivity index (χ3v) is 4.68. The van der Waals surface area contributed by atoms with E-state index in [0.717, 1.165) is 9.70 Å². The van der Waals surface area contributed by atoms with Crippen molar-refractivity contribution in [1.29, 1.82) is 0 Å². The highest BCUT2D eigenvalue weighted by atomic mass is 79.9. The van der Waals surface area contributed by atoms with Crippen molar-refractivity contribution >= 4 is 43.2 Å². The standard InChI is InChI=1S/C8H10Br2N2S/c9-6-3-5(8(10)13-6)7(12-11)4-1-2-4/h3-4,7,12H,1-2,11H2. The molecule has 0 saturated heterocycles. The predicted octanol–water partition coefficient (Wildman–Crippen LogP) is 3.19. The third-order valence-electron chi connectivity index (χ3n) is 2.29. The normalized spacial score (nSPS) is 19.0. The minimum absolute atomic E-state index is 0.317. The first kappa shape index (κ1) is 10.1. The van der Waals surface area contributed by atoms with Gasteiger partial charge in [0.25, 0.3) is 0 Å². The van der Waals surface area contributed by atoms with Gasteiger partial charge in [0.2, 0.25) is 0 Å². The molecule has 0 bridgehead atoms. The smallest absolute Gasteiger partial charge is 0.0758 e. The minimum Gasteiger partial charge on any atom is -0.271 e. The van der Waals surface area contributed by atoms with E-state index >= 15 is 0 Å². The summed E-state index contributed by atoms with van der Waals surface area (Å²) in [5.41, 5.74) is 4.17. The molecule has 1 unspecified atom stereocenters. The Hall–Kier alpha value is 0.580. The molecule has 1 saturated carbocycles. The molecule has 1 aromatic rings. The van der Waals surface area contributed by atoms with Crippen LogP contribution in [-0.4, -0.2) is 0 Å². The van der Waals surface area contributed by atoms with E-state index in [2.05, 4.69) is 43.4 Å². The van der Waals surface area contributed by atoms with E-state index < -0.39 is 0 Å². The first-order valence-corrected chi connectivity index (χ1v) is 6.53. The van der Waals surface area contributed by atoms with Crippen LogP contribution in [-0.2, 0) is 0 Å². The van der Waals surface area contributed by atoms with Crippen molar-refractivity contribution < 1.29 is 0 Å². The highest BCUT2D eigenvalue weighted by Crippen LogP contribution is 2.45. The molecule has 1 aliphatic carbocycles. The zero-order chi connectivity index (χ0) is 9.42. The Bertz CT molecular complexity index is 309. The van der Waals surface area contributed by atoms with Crippen molar-refractivity contribution in [3.05, 3.63) is 19.2 Å². The molecule has 72 valence electrons. The number of hydrogen-bond acceptors (Lipinski definition) is 3.